The van der Waals surface area contributed by atoms with Crippen LogP contribution >= 0.6 is 0 Å². The summed E-state index contributed by atoms with van der Waals surface area (Å²) in [5, 5.41) is 16.6. The number of nitrogens with one attached hydrogen (secondary N) is 2. The van der Waals surface area contributed by atoms with E-state index in [1.165, 1.54) is 16.4 Å². The molecule has 13 heteroatoms. The highest BCUT2D eigenvalue weighted by atomic mass is 32.2. The minimum absolute atomic E-state index is 0.178. The fraction of sp³-hybridized carbons (Fsp3) is 0.414. The topological polar surface area (TPSA) is 129 Å². The molecule has 42 heavy (non-hydrogen) atoms. The summed E-state index contributed by atoms with van der Waals surface area (Å²) in [4.78, 5) is 16.1. The van der Waals surface area contributed by atoms with Gasteiger partial charge < -0.3 is 25.2 Å². The van der Waals surface area contributed by atoms with E-state index < -0.39 is 10.0 Å². The van der Waals surface area contributed by atoms with Crippen molar-refractivity contribution in [3.05, 3.63) is 60.7 Å². The van der Waals surface area contributed by atoms with Gasteiger partial charge in [-0.2, -0.15) is 14.3 Å². The van der Waals surface area contributed by atoms with Crippen LogP contribution in [-0.2, 0) is 16.6 Å². The Labute approximate surface area is 244 Å². The van der Waals surface area contributed by atoms with Gasteiger partial charge in [0.15, 0.2) is 17.0 Å². The number of anilines is 4. The molecule has 6 rings (SSSR count). The van der Waals surface area contributed by atoms with Crippen LogP contribution in [0.1, 0.15) is 32.6 Å². The highest BCUT2D eigenvalue weighted by Gasteiger charge is 2.29. The number of rotatable bonds is 8. The van der Waals surface area contributed by atoms with Gasteiger partial charge in [0.2, 0.25) is 16.0 Å². The Morgan fingerprint density at radius 3 is 2.43 bits per heavy atom. The Morgan fingerprint density at radius 1 is 1.00 bits per heavy atom. The van der Waals surface area contributed by atoms with E-state index >= 15 is 0 Å². The number of imidazole rings is 1. The maximum Gasteiger partial charge on any atom is 0.243 e. The molecular weight excluding hydrogens is 559 g/mol. The van der Waals surface area contributed by atoms with Gasteiger partial charge in [0.1, 0.15) is 5.82 Å². The number of halogens is 1. The van der Waals surface area contributed by atoms with Gasteiger partial charge in [-0.05, 0) is 75.1 Å². The molecule has 0 radical (unpaired) electrons. The first-order valence-corrected chi connectivity index (χ1v) is 15.8. The van der Waals surface area contributed by atoms with Crippen LogP contribution < -0.4 is 15.5 Å². The van der Waals surface area contributed by atoms with Gasteiger partial charge in [-0.1, -0.05) is 6.07 Å². The van der Waals surface area contributed by atoms with E-state index in [-0.39, 0.29) is 22.9 Å². The maximum atomic E-state index is 13.6. The number of fused-ring (bicyclic) bond motifs is 1. The lowest BCUT2D eigenvalue weighted by atomic mass is 9.93. The van der Waals surface area contributed by atoms with Crippen LogP contribution in [-0.4, -0.2) is 75.7 Å². The fourth-order valence-corrected chi connectivity index (χ4v) is 7.01. The van der Waals surface area contributed by atoms with Crippen LogP contribution in [0, 0.1) is 5.82 Å². The molecule has 2 fully saturated rings. The van der Waals surface area contributed by atoms with Crippen LogP contribution in [0.5, 0.6) is 0 Å². The predicted molar refractivity (Wildman–Crippen MR) is 160 cm³/mol. The minimum atomic E-state index is -3.69. The predicted octanol–water partition coefficient (Wildman–Crippen LogP) is 3.96. The van der Waals surface area contributed by atoms with Gasteiger partial charge in [0.05, 0.1) is 17.3 Å². The highest BCUT2D eigenvalue weighted by molar-refractivity contribution is 7.89. The monoisotopic (exact) mass is 594 g/mol. The Kier molecular flexibility index (Phi) is 7.97. The fourth-order valence-electron chi connectivity index (χ4n) is 5.59. The number of hydrogen-bond acceptors (Lipinski definition) is 9. The van der Waals surface area contributed by atoms with E-state index in [4.69, 9.17) is 9.97 Å². The molecule has 3 heterocycles. The quantitative estimate of drug-likeness (QED) is 0.278. The summed E-state index contributed by atoms with van der Waals surface area (Å²) in [5.41, 5.74) is 2.74. The normalized spacial score (nSPS) is 20.1. The molecule has 1 saturated carbocycles. The smallest absolute Gasteiger partial charge is 0.243 e. The number of piperazine rings is 1. The molecule has 0 spiro atoms. The molecule has 222 valence electrons. The number of aliphatic hydroxyl groups is 1. The number of aliphatic hydroxyl groups excluding tert-OH is 1. The standard InChI is InChI=1S/C29H35FN8O3S/c1-2-36-19-31-26-27(34-29(35-28(26)36)33-22-6-10-24(39)11-7-22)32-21-8-12-25(13-9-21)42(40,41)38-16-14-37(15-17-38)23-5-3-4-20(30)18-23/h3-5,8-9,12-13,18-19,22,24,39H,2,6-7,10-11,14-17H2,1H3,(H2,32,33,34,35). The summed E-state index contributed by atoms with van der Waals surface area (Å²) in [5.74, 6) is 0.697. The Bertz CT molecular complexity index is 1650. The third kappa shape index (κ3) is 5.90. The third-order valence-electron chi connectivity index (χ3n) is 8.00. The van der Waals surface area contributed by atoms with Gasteiger partial charge >= 0.3 is 0 Å². The van der Waals surface area contributed by atoms with Gasteiger partial charge in [0.25, 0.3) is 0 Å². The van der Waals surface area contributed by atoms with Crippen molar-refractivity contribution < 1.29 is 17.9 Å². The summed E-state index contributed by atoms with van der Waals surface area (Å²) in [6.07, 6.45) is 4.66. The van der Waals surface area contributed by atoms with Gasteiger partial charge in [-0.15, -0.1) is 0 Å². The molecule has 0 bridgehead atoms. The van der Waals surface area contributed by atoms with Crippen molar-refractivity contribution in [2.75, 3.05) is 41.7 Å². The number of aromatic nitrogens is 4. The average molecular weight is 595 g/mol. The van der Waals surface area contributed by atoms with Crippen molar-refractivity contribution >= 4 is 44.3 Å². The van der Waals surface area contributed by atoms with Gasteiger partial charge in [-0.25, -0.2) is 17.8 Å². The van der Waals surface area contributed by atoms with Crippen LogP contribution in [0.25, 0.3) is 11.2 Å². The second-order valence-electron chi connectivity index (χ2n) is 10.8. The lowest BCUT2D eigenvalue weighted by Crippen LogP contribution is -2.48. The Balaban J connectivity index is 1.17. The molecule has 2 aromatic heterocycles. The van der Waals surface area contributed by atoms with Crippen molar-refractivity contribution in [3.8, 4) is 0 Å². The first-order chi connectivity index (χ1) is 20.3. The first-order valence-electron chi connectivity index (χ1n) is 14.4. The number of sulfonamides is 1. The van der Waals surface area contributed by atoms with Gasteiger partial charge in [0, 0.05) is 50.1 Å². The zero-order valence-electron chi connectivity index (χ0n) is 23.4. The first kappa shape index (κ1) is 28.3. The van der Waals surface area contributed by atoms with E-state index in [0.717, 1.165) is 31.4 Å². The second-order valence-corrected chi connectivity index (χ2v) is 12.7. The second kappa shape index (κ2) is 11.8. The minimum Gasteiger partial charge on any atom is -0.393 e. The molecule has 11 nitrogen and oxygen atoms in total. The van der Waals surface area contributed by atoms with E-state index in [2.05, 4.69) is 15.6 Å². The zero-order chi connectivity index (χ0) is 29.3. The Morgan fingerprint density at radius 2 is 1.74 bits per heavy atom. The van der Waals surface area contributed by atoms with Gasteiger partial charge in [-0.3, -0.25) is 0 Å². The number of benzene rings is 2. The molecule has 0 unspecified atom stereocenters. The van der Waals surface area contributed by atoms with Crippen molar-refractivity contribution in [1.29, 1.82) is 0 Å². The lowest BCUT2D eigenvalue weighted by Gasteiger charge is -2.35. The molecular formula is C29H35FN8O3S. The molecule has 1 aliphatic carbocycles. The van der Waals surface area contributed by atoms with Crippen LogP contribution in [0.15, 0.2) is 59.8 Å². The number of hydrogen-bond donors (Lipinski definition) is 3. The van der Waals surface area contributed by atoms with E-state index in [9.17, 15) is 17.9 Å². The van der Waals surface area contributed by atoms with E-state index in [0.29, 0.717) is 61.3 Å². The molecule has 4 aromatic rings. The molecule has 0 atom stereocenters. The highest BCUT2D eigenvalue weighted by Crippen LogP contribution is 2.28. The number of nitrogens with zero attached hydrogens (tertiary/aromatic N) is 6. The molecule has 2 aromatic carbocycles. The molecule has 0 amide bonds. The van der Waals surface area contributed by atoms with Crippen LogP contribution in [0.4, 0.5) is 27.5 Å². The van der Waals surface area contributed by atoms with Crippen LogP contribution in [0.2, 0.25) is 0 Å². The van der Waals surface area contributed by atoms with E-state index in [1.807, 2.05) is 22.5 Å². The SMILES string of the molecule is CCn1cnc2c(Nc3ccc(S(=O)(=O)N4CCN(c5cccc(F)c5)CC4)cc3)nc(NC3CCC(O)CC3)nc21. The molecule has 1 saturated heterocycles. The lowest BCUT2D eigenvalue weighted by molar-refractivity contribution is 0.126. The summed E-state index contributed by atoms with van der Waals surface area (Å²) in [7, 11) is -3.69. The Hall–Kier alpha value is -3.81. The van der Waals surface area contributed by atoms with E-state index in [1.54, 1.807) is 36.7 Å². The molecule has 3 N–H and O–H groups in total. The molecule has 1 aliphatic heterocycles. The van der Waals surface area contributed by atoms with Crippen LogP contribution in [0.3, 0.4) is 0 Å². The summed E-state index contributed by atoms with van der Waals surface area (Å²) in [6.45, 7) is 4.31. The summed E-state index contributed by atoms with van der Waals surface area (Å²) in [6, 6.07) is 13.1. The van der Waals surface area contributed by atoms with Crippen molar-refractivity contribution in [2.24, 2.45) is 0 Å². The zero-order valence-corrected chi connectivity index (χ0v) is 24.3. The maximum absolute atomic E-state index is 13.6. The number of aryl methyl sites for hydroxylation is 1. The largest absolute Gasteiger partial charge is 0.393 e. The summed E-state index contributed by atoms with van der Waals surface area (Å²) < 4.78 is 43.8. The summed E-state index contributed by atoms with van der Waals surface area (Å²) >= 11 is 0. The van der Waals surface area contributed by atoms with Crippen molar-refractivity contribution in [1.82, 2.24) is 23.8 Å². The van der Waals surface area contributed by atoms with Crippen molar-refractivity contribution in [2.45, 2.75) is 56.2 Å². The molecule has 2 aliphatic rings. The third-order valence-corrected chi connectivity index (χ3v) is 9.91. The average Bonchev–Trinajstić information content (AvgIpc) is 3.42. The van der Waals surface area contributed by atoms with Crippen molar-refractivity contribution in [3.63, 3.8) is 0 Å².